The highest BCUT2D eigenvalue weighted by atomic mass is 16.4. The summed E-state index contributed by atoms with van der Waals surface area (Å²) in [6.45, 7) is 0. The Bertz CT molecular complexity index is 452. The second kappa shape index (κ2) is 7.08. The highest BCUT2D eigenvalue weighted by Crippen LogP contribution is 2.26. The fraction of sp³-hybridized carbons (Fsp3) is 0.500. The summed E-state index contributed by atoms with van der Waals surface area (Å²) >= 11 is 0. The molecule has 1 aromatic rings. The summed E-state index contributed by atoms with van der Waals surface area (Å²) in [5.74, 6) is -0.768. The van der Waals surface area contributed by atoms with Gasteiger partial charge < -0.3 is 10.4 Å². The summed E-state index contributed by atoms with van der Waals surface area (Å²) in [7, 11) is 0. The molecule has 2 rings (SSSR count). The molecule has 1 fully saturated rings. The number of aliphatic carboxylic acids is 1. The number of rotatable bonds is 5. The average Bonchev–Trinajstić information content (AvgIpc) is 2.46. The molecule has 2 N–H and O–H groups in total. The number of amides is 1. The van der Waals surface area contributed by atoms with Gasteiger partial charge in [-0.3, -0.25) is 4.79 Å². The van der Waals surface area contributed by atoms with Crippen LogP contribution in [0.4, 0.5) is 0 Å². The second-order valence-corrected chi connectivity index (χ2v) is 5.46. The quantitative estimate of drug-likeness (QED) is 0.868. The van der Waals surface area contributed by atoms with E-state index < -0.39 is 12.0 Å². The summed E-state index contributed by atoms with van der Waals surface area (Å²) < 4.78 is 0. The third kappa shape index (κ3) is 4.08. The van der Waals surface area contributed by atoms with E-state index in [-0.39, 0.29) is 5.91 Å². The molecule has 0 heterocycles. The highest BCUT2D eigenvalue weighted by Gasteiger charge is 2.24. The number of carboxylic acids is 1. The van der Waals surface area contributed by atoms with Crippen LogP contribution in [0.25, 0.3) is 0 Å². The van der Waals surface area contributed by atoms with E-state index in [2.05, 4.69) is 5.32 Å². The lowest BCUT2D eigenvalue weighted by atomic mass is 9.87. The zero-order chi connectivity index (χ0) is 14.4. The minimum atomic E-state index is -1.02. The van der Waals surface area contributed by atoms with Crippen molar-refractivity contribution in [3.63, 3.8) is 0 Å². The van der Waals surface area contributed by atoms with Crippen LogP contribution in [0.15, 0.2) is 30.3 Å². The van der Waals surface area contributed by atoms with Crippen molar-refractivity contribution < 1.29 is 14.7 Å². The molecule has 4 heteroatoms. The van der Waals surface area contributed by atoms with E-state index in [4.69, 9.17) is 0 Å². The fourth-order valence-electron chi connectivity index (χ4n) is 2.81. The lowest BCUT2D eigenvalue weighted by Crippen LogP contribution is -2.34. The molecule has 1 atom stereocenters. The molecular weight excluding hydrogens is 254 g/mol. The number of nitrogens with one attached hydrogen (secondary N) is 1. The number of carbonyl (C=O) groups is 2. The van der Waals surface area contributed by atoms with Crippen LogP contribution >= 0.6 is 0 Å². The lowest BCUT2D eigenvalue weighted by Gasteiger charge is -2.22. The summed E-state index contributed by atoms with van der Waals surface area (Å²) in [6.07, 6.45) is 6.21. The molecule has 20 heavy (non-hydrogen) atoms. The first kappa shape index (κ1) is 14.6. The van der Waals surface area contributed by atoms with Gasteiger partial charge in [-0.1, -0.05) is 49.6 Å². The molecule has 1 aliphatic carbocycles. The predicted molar refractivity (Wildman–Crippen MR) is 76.2 cm³/mol. The second-order valence-electron chi connectivity index (χ2n) is 5.46. The molecule has 4 nitrogen and oxygen atoms in total. The normalized spacial score (nSPS) is 17.4. The van der Waals surface area contributed by atoms with Crippen molar-refractivity contribution in [2.24, 2.45) is 5.92 Å². The monoisotopic (exact) mass is 275 g/mol. The third-order valence-electron chi connectivity index (χ3n) is 3.88. The van der Waals surface area contributed by atoms with E-state index in [0.717, 1.165) is 12.8 Å². The first-order chi connectivity index (χ1) is 9.66. The molecule has 0 bridgehead atoms. The van der Waals surface area contributed by atoms with Gasteiger partial charge >= 0.3 is 5.97 Å². The Labute approximate surface area is 119 Å². The third-order valence-corrected chi connectivity index (χ3v) is 3.88. The Morgan fingerprint density at radius 1 is 1.15 bits per heavy atom. The zero-order valence-electron chi connectivity index (χ0n) is 11.5. The molecular formula is C16H21NO3. The standard InChI is InChI=1S/C16H21NO3/c18-14(11-12-7-3-1-4-8-12)17-15(16(19)20)13-9-5-2-6-10-13/h2,5-6,9-10,12,15H,1,3-4,7-8,11H2,(H,17,18)(H,19,20)/t15-/m1/s1. The number of hydrogen-bond acceptors (Lipinski definition) is 2. The Morgan fingerprint density at radius 3 is 2.40 bits per heavy atom. The summed E-state index contributed by atoms with van der Waals surface area (Å²) in [6, 6.07) is 7.87. The topological polar surface area (TPSA) is 66.4 Å². The molecule has 1 amide bonds. The molecule has 1 aliphatic rings. The maximum absolute atomic E-state index is 12.0. The SMILES string of the molecule is O=C(CC1CCCCC1)N[C@@H](C(=O)O)c1ccccc1. The van der Waals surface area contributed by atoms with Gasteiger partial charge in [0.15, 0.2) is 6.04 Å². The lowest BCUT2D eigenvalue weighted by molar-refractivity contribution is -0.142. The number of carbonyl (C=O) groups excluding carboxylic acids is 1. The molecule has 108 valence electrons. The van der Waals surface area contributed by atoms with Crippen LogP contribution in [0.3, 0.4) is 0 Å². The largest absolute Gasteiger partial charge is 0.479 e. The van der Waals surface area contributed by atoms with Crippen molar-refractivity contribution in [2.45, 2.75) is 44.6 Å². The Balaban J connectivity index is 1.94. The maximum atomic E-state index is 12.0. The predicted octanol–water partition coefficient (Wildman–Crippen LogP) is 2.90. The van der Waals surface area contributed by atoms with E-state index in [0.29, 0.717) is 17.9 Å². The first-order valence-corrected chi connectivity index (χ1v) is 7.24. The molecule has 0 aromatic heterocycles. The minimum Gasteiger partial charge on any atom is -0.479 e. The minimum absolute atomic E-state index is 0.159. The number of benzene rings is 1. The van der Waals surface area contributed by atoms with Gasteiger partial charge in [-0.15, -0.1) is 0 Å². The Morgan fingerprint density at radius 2 is 1.80 bits per heavy atom. The van der Waals surface area contributed by atoms with Crippen LogP contribution in [0.2, 0.25) is 0 Å². The number of carboxylic acid groups (broad SMARTS) is 1. The van der Waals surface area contributed by atoms with Crippen LogP contribution in [0, 0.1) is 5.92 Å². The number of hydrogen-bond donors (Lipinski definition) is 2. The summed E-state index contributed by atoms with van der Waals surface area (Å²) in [4.78, 5) is 23.3. The maximum Gasteiger partial charge on any atom is 0.330 e. The van der Waals surface area contributed by atoms with Crippen molar-refractivity contribution in [3.8, 4) is 0 Å². The van der Waals surface area contributed by atoms with E-state index in [1.54, 1.807) is 24.3 Å². The van der Waals surface area contributed by atoms with Gasteiger partial charge in [-0.25, -0.2) is 4.79 Å². The van der Waals surface area contributed by atoms with Crippen LogP contribution in [-0.4, -0.2) is 17.0 Å². The van der Waals surface area contributed by atoms with Crippen molar-refractivity contribution >= 4 is 11.9 Å². The molecule has 1 aromatic carbocycles. The molecule has 0 spiro atoms. The van der Waals surface area contributed by atoms with Gasteiger partial charge in [0.25, 0.3) is 0 Å². The molecule has 1 saturated carbocycles. The van der Waals surface area contributed by atoms with Gasteiger partial charge in [0.2, 0.25) is 5.91 Å². The summed E-state index contributed by atoms with van der Waals surface area (Å²) in [5, 5.41) is 11.9. The van der Waals surface area contributed by atoms with Gasteiger partial charge in [0.05, 0.1) is 0 Å². The smallest absolute Gasteiger partial charge is 0.330 e. The van der Waals surface area contributed by atoms with Gasteiger partial charge in [-0.2, -0.15) is 0 Å². The molecule has 0 saturated heterocycles. The van der Waals surface area contributed by atoms with E-state index in [1.165, 1.54) is 19.3 Å². The van der Waals surface area contributed by atoms with Crippen LogP contribution in [0.1, 0.15) is 50.1 Å². The van der Waals surface area contributed by atoms with Crippen molar-refractivity contribution in [1.82, 2.24) is 5.32 Å². The Kier molecular flexibility index (Phi) is 5.16. The van der Waals surface area contributed by atoms with Crippen LogP contribution in [0.5, 0.6) is 0 Å². The fourth-order valence-corrected chi connectivity index (χ4v) is 2.81. The van der Waals surface area contributed by atoms with Crippen LogP contribution < -0.4 is 5.32 Å². The first-order valence-electron chi connectivity index (χ1n) is 7.24. The van der Waals surface area contributed by atoms with E-state index >= 15 is 0 Å². The van der Waals surface area contributed by atoms with Gasteiger partial charge in [0.1, 0.15) is 0 Å². The van der Waals surface area contributed by atoms with Gasteiger partial charge in [0, 0.05) is 6.42 Å². The molecule has 0 unspecified atom stereocenters. The van der Waals surface area contributed by atoms with Gasteiger partial charge in [-0.05, 0) is 24.3 Å². The highest BCUT2D eigenvalue weighted by molar-refractivity contribution is 5.84. The van der Waals surface area contributed by atoms with E-state index in [1.807, 2.05) is 6.07 Å². The molecule has 0 aliphatic heterocycles. The molecule has 0 radical (unpaired) electrons. The average molecular weight is 275 g/mol. The van der Waals surface area contributed by atoms with Crippen molar-refractivity contribution in [1.29, 1.82) is 0 Å². The zero-order valence-corrected chi connectivity index (χ0v) is 11.5. The van der Waals surface area contributed by atoms with Crippen molar-refractivity contribution in [3.05, 3.63) is 35.9 Å². The summed E-state index contributed by atoms with van der Waals surface area (Å²) in [5.41, 5.74) is 0.608. The van der Waals surface area contributed by atoms with Crippen molar-refractivity contribution in [2.75, 3.05) is 0 Å². The van der Waals surface area contributed by atoms with Crippen LogP contribution in [-0.2, 0) is 9.59 Å². The van der Waals surface area contributed by atoms with E-state index in [9.17, 15) is 14.7 Å². The Hall–Kier alpha value is -1.84.